The lowest BCUT2D eigenvalue weighted by atomic mass is 10.1. The van der Waals surface area contributed by atoms with Crippen LogP contribution in [0.4, 0.5) is 5.69 Å². The van der Waals surface area contributed by atoms with Crippen LogP contribution < -0.4 is 5.32 Å². The van der Waals surface area contributed by atoms with E-state index in [-0.39, 0.29) is 5.91 Å². The van der Waals surface area contributed by atoms with Crippen LogP contribution in [0.5, 0.6) is 0 Å². The molecule has 0 fully saturated rings. The number of anilines is 1. The Morgan fingerprint density at radius 2 is 1.71 bits per heavy atom. The maximum absolute atomic E-state index is 12.4. The monoisotopic (exact) mass is 315 g/mol. The molecule has 0 radical (unpaired) electrons. The van der Waals surface area contributed by atoms with Crippen LogP contribution in [0.1, 0.15) is 10.4 Å². The zero-order valence-electron chi connectivity index (χ0n) is 12.6. The van der Waals surface area contributed by atoms with Crippen LogP contribution in [-0.4, -0.2) is 26.1 Å². The SMILES string of the molecule is O=C(Nc1ccc2ccccc2c1)c1ccc(-n2cnnn2)cc1. The summed E-state index contributed by atoms with van der Waals surface area (Å²) < 4.78 is 1.53. The molecule has 3 aromatic carbocycles. The summed E-state index contributed by atoms with van der Waals surface area (Å²) >= 11 is 0. The fourth-order valence-electron chi connectivity index (χ4n) is 2.52. The number of amides is 1. The molecule has 0 atom stereocenters. The lowest BCUT2D eigenvalue weighted by Gasteiger charge is -2.07. The van der Waals surface area contributed by atoms with E-state index in [2.05, 4.69) is 20.8 Å². The summed E-state index contributed by atoms with van der Waals surface area (Å²) in [5.41, 5.74) is 2.13. The summed E-state index contributed by atoms with van der Waals surface area (Å²) in [6, 6.07) is 21.0. The average Bonchev–Trinajstić information content (AvgIpc) is 3.16. The van der Waals surface area contributed by atoms with Gasteiger partial charge >= 0.3 is 0 Å². The number of rotatable bonds is 3. The first-order valence-electron chi connectivity index (χ1n) is 7.43. The Bertz CT molecular complexity index is 994. The predicted molar refractivity (Wildman–Crippen MR) is 91.1 cm³/mol. The second kappa shape index (κ2) is 5.92. The molecule has 6 heteroatoms. The van der Waals surface area contributed by atoms with Gasteiger partial charge in [0.25, 0.3) is 5.91 Å². The van der Waals surface area contributed by atoms with E-state index >= 15 is 0 Å². The normalized spacial score (nSPS) is 10.7. The highest BCUT2D eigenvalue weighted by molar-refractivity contribution is 6.05. The molecular formula is C18H13N5O. The predicted octanol–water partition coefficient (Wildman–Crippen LogP) is 3.07. The first-order chi connectivity index (χ1) is 11.8. The highest BCUT2D eigenvalue weighted by Gasteiger charge is 2.07. The van der Waals surface area contributed by atoms with Crippen molar-refractivity contribution in [3.8, 4) is 5.69 Å². The maximum atomic E-state index is 12.4. The lowest BCUT2D eigenvalue weighted by molar-refractivity contribution is 0.102. The third-order valence-corrected chi connectivity index (χ3v) is 3.75. The molecule has 0 bridgehead atoms. The molecule has 1 aromatic heterocycles. The molecule has 0 aliphatic rings. The van der Waals surface area contributed by atoms with Gasteiger partial charge in [0.15, 0.2) is 0 Å². The van der Waals surface area contributed by atoms with E-state index in [4.69, 9.17) is 0 Å². The van der Waals surface area contributed by atoms with E-state index in [0.717, 1.165) is 22.1 Å². The molecule has 0 unspecified atom stereocenters. The molecule has 0 aliphatic carbocycles. The molecular weight excluding hydrogens is 302 g/mol. The van der Waals surface area contributed by atoms with E-state index in [9.17, 15) is 4.79 Å². The summed E-state index contributed by atoms with van der Waals surface area (Å²) in [6.45, 7) is 0. The number of aromatic nitrogens is 4. The Hall–Kier alpha value is -3.54. The molecule has 4 aromatic rings. The molecule has 6 nitrogen and oxygen atoms in total. The molecule has 1 N–H and O–H groups in total. The largest absolute Gasteiger partial charge is 0.322 e. The second-order valence-corrected chi connectivity index (χ2v) is 5.32. The zero-order valence-corrected chi connectivity index (χ0v) is 12.6. The molecule has 0 saturated carbocycles. The number of hydrogen-bond acceptors (Lipinski definition) is 4. The summed E-state index contributed by atoms with van der Waals surface area (Å²) in [6.07, 6.45) is 1.50. The quantitative estimate of drug-likeness (QED) is 0.630. The Labute approximate surface area is 137 Å². The highest BCUT2D eigenvalue weighted by Crippen LogP contribution is 2.19. The molecule has 116 valence electrons. The fourth-order valence-corrected chi connectivity index (χ4v) is 2.52. The van der Waals surface area contributed by atoms with Crippen LogP contribution in [0.25, 0.3) is 16.5 Å². The summed E-state index contributed by atoms with van der Waals surface area (Å²) in [5, 5.41) is 16.1. The number of fused-ring (bicyclic) bond motifs is 1. The number of benzene rings is 3. The maximum Gasteiger partial charge on any atom is 0.255 e. The van der Waals surface area contributed by atoms with Crippen molar-refractivity contribution in [1.29, 1.82) is 0 Å². The second-order valence-electron chi connectivity index (χ2n) is 5.32. The van der Waals surface area contributed by atoms with Crippen LogP contribution in [-0.2, 0) is 0 Å². The molecule has 4 rings (SSSR count). The van der Waals surface area contributed by atoms with Crippen LogP contribution in [0.15, 0.2) is 73.1 Å². The van der Waals surface area contributed by atoms with Crippen molar-refractivity contribution < 1.29 is 4.79 Å². The number of carbonyl (C=O) groups is 1. The average molecular weight is 315 g/mol. The molecule has 1 amide bonds. The first kappa shape index (κ1) is 14.1. The van der Waals surface area contributed by atoms with Crippen molar-refractivity contribution in [2.45, 2.75) is 0 Å². The van der Waals surface area contributed by atoms with Crippen molar-refractivity contribution in [3.63, 3.8) is 0 Å². The van der Waals surface area contributed by atoms with Gasteiger partial charge in [-0.3, -0.25) is 4.79 Å². The Morgan fingerprint density at radius 1 is 0.917 bits per heavy atom. The first-order valence-corrected chi connectivity index (χ1v) is 7.43. The van der Waals surface area contributed by atoms with E-state index in [1.807, 2.05) is 42.5 Å². The van der Waals surface area contributed by atoms with Crippen LogP contribution in [0, 0.1) is 0 Å². The van der Waals surface area contributed by atoms with Gasteiger partial charge in [0.1, 0.15) is 6.33 Å². The zero-order chi connectivity index (χ0) is 16.4. The minimum atomic E-state index is -0.159. The molecule has 0 spiro atoms. The van der Waals surface area contributed by atoms with Crippen molar-refractivity contribution in [1.82, 2.24) is 20.2 Å². The van der Waals surface area contributed by atoms with Gasteiger partial charge < -0.3 is 5.32 Å². The van der Waals surface area contributed by atoms with E-state index in [0.29, 0.717) is 5.56 Å². The fraction of sp³-hybridized carbons (Fsp3) is 0. The van der Waals surface area contributed by atoms with Gasteiger partial charge in [0.2, 0.25) is 0 Å². The van der Waals surface area contributed by atoms with E-state index in [1.165, 1.54) is 11.0 Å². The minimum Gasteiger partial charge on any atom is -0.322 e. The van der Waals surface area contributed by atoms with Gasteiger partial charge in [-0.1, -0.05) is 30.3 Å². The molecule has 24 heavy (non-hydrogen) atoms. The topological polar surface area (TPSA) is 72.7 Å². The van der Waals surface area contributed by atoms with Gasteiger partial charge in [-0.2, -0.15) is 0 Å². The lowest BCUT2D eigenvalue weighted by Crippen LogP contribution is -2.11. The number of hydrogen-bond donors (Lipinski definition) is 1. The smallest absolute Gasteiger partial charge is 0.255 e. The third-order valence-electron chi connectivity index (χ3n) is 3.75. The third kappa shape index (κ3) is 2.72. The van der Waals surface area contributed by atoms with Gasteiger partial charge in [0.05, 0.1) is 5.69 Å². The number of nitrogens with zero attached hydrogens (tertiary/aromatic N) is 4. The molecule has 0 saturated heterocycles. The molecule has 1 heterocycles. The van der Waals surface area contributed by atoms with Crippen molar-refractivity contribution >= 4 is 22.4 Å². The van der Waals surface area contributed by atoms with E-state index in [1.54, 1.807) is 24.3 Å². The van der Waals surface area contributed by atoms with Gasteiger partial charge in [-0.25, -0.2) is 4.68 Å². The summed E-state index contributed by atoms with van der Waals surface area (Å²) in [7, 11) is 0. The van der Waals surface area contributed by atoms with Crippen molar-refractivity contribution in [2.24, 2.45) is 0 Å². The Kier molecular flexibility index (Phi) is 3.47. The van der Waals surface area contributed by atoms with Crippen LogP contribution >= 0.6 is 0 Å². The Morgan fingerprint density at radius 3 is 2.46 bits per heavy atom. The molecule has 0 aliphatic heterocycles. The Balaban J connectivity index is 1.54. The van der Waals surface area contributed by atoms with Gasteiger partial charge in [-0.15, -0.1) is 5.10 Å². The minimum absolute atomic E-state index is 0.159. The van der Waals surface area contributed by atoms with Crippen molar-refractivity contribution in [3.05, 3.63) is 78.6 Å². The number of tetrazole rings is 1. The number of nitrogens with one attached hydrogen (secondary N) is 1. The standard InChI is InChI=1S/C18H13N5O/c24-18(14-6-9-17(10-7-14)23-12-19-21-22-23)20-16-8-5-13-3-1-2-4-15(13)11-16/h1-12H,(H,20,24). The highest BCUT2D eigenvalue weighted by atomic mass is 16.1. The van der Waals surface area contributed by atoms with Crippen LogP contribution in [0.3, 0.4) is 0 Å². The van der Waals surface area contributed by atoms with Gasteiger partial charge in [-0.05, 0) is 57.6 Å². The van der Waals surface area contributed by atoms with Crippen LogP contribution in [0.2, 0.25) is 0 Å². The summed E-state index contributed by atoms with van der Waals surface area (Å²) in [4.78, 5) is 12.4. The summed E-state index contributed by atoms with van der Waals surface area (Å²) in [5.74, 6) is -0.159. The van der Waals surface area contributed by atoms with Crippen molar-refractivity contribution in [2.75, 3.05) is 5.32 Å². The van der Waals surface area contributed by atoms with Gasteiger partial charge in [0, 0.05) is 11.3 Å². The number of carbonyl (C=O) groups excluding carboxylic acids is 1. The van der Waals surface area contributed by atoms with E-state index < -0.39 is 0 Å².